The lowest BCUT2D eigenvalue weighted by Gasteiger charge is -2.16. The van der Waals surface area contributed by atoms with Crippen LogP contribution in [0.4, 0.5) is 0 Å². The molecular formula is C14H20NO3PS. The summed E-state index contributed by atoms with van der Waals surface area (Å²) in [6, 6.07) is 10.3. The van der Waals surface area contributed by atoms with Gasteiger partial charge in [0.1, 0.15) is 0 Å². The zero-order chi connectivity index (χ0) is 14.4. The molecule has 0 amide bonds. The van der Waals surface area contributed by atoms with E-state index in [1.54, 1.807) is 11.8 Å². The van der Waals surface area contributed by atoms with Gasteiger partial charge in [-0.05, 0) is 19.4 Å². The summed E-state index contributed by atoms with van der Waals surface area (Å²) in [5.74, 6) is 0.887. The first kappa shape index (κ1) is 15.8. The number of nitrogens with zero attached hydrogens (tertiary/aromatic N) is 1. The van der Waals surface area contributed by atoms with Crippen LogP contribution in [0.15, 0.2) is 35.3 Å². The van der Waals surface area contributed by atoms with Gasteiger partial charge in [0.25, 0.3) is 0 Å². The summed E-state index contributed by atoms with van der Waals surface area (Å²) < 4.78 is 23.1. The summed E-state index contributed by atoms with van der Waals surface area (Å²) in [6.07, 6.45) is 0.280. The lowest BCUT2D eigenvalue weighted by molar-refractivity contribution is 0.223. The van der Waals surface area contributed by atoms with Gasteiger partial charge in [0, 0.05) is 5.75 Å². The molecule has 0 unspecified atom stereocenters. The Kier molecular flexibility index (Phi) is 5.85. The first-order valence-corrected chi connectivity index (χ1v) is 9.50. The highest BCUT2D eigenvalue weighted by Crippen LogP contribution is 2.50. The minimum atomic E-state index is -3.04. The number of rotatable bonds is 7. The van der Waals surface area contributed by atoms with Crippen molar-refractivity contribution in [2.24, 2.45) is 4.99 Å². The van der Waals surface area contributed by atoms with Gasteiger partial charge in [-0.1, -0.05) is 30.3 Å². The second-order valence-electron chi connectivity index (χ2n) is 4.36. The standard InChI is InChI=1S/C14H20NO3PS/c1-3-17-19(16,18-4-2)10-14-15-13(11-20-14)12-8-6-5-7-9-12/h5-9,13H,3-4,10-11H2,1-2H3/t13-/m1/s1. The molecule has 110 valence electrons. The van der Waals surface area contributed by atoms with E-state index in [0.717, 1.165) is 10.8 Å². The minimum Gasteiger partial charge on any atom is -0.309 e. The maximum atomic E-state index is 12.5. The van der Waals surface area contributed by atoms with Gasteiger partial charge in [-0.25, -0.2) is 0 Å². The van der Waals surface area contributed by atoms with Gasteiger partial charge in [-0.2, -0.15) is 0 Å². The van der Waals surface area contributed by atoms with E-state index < -0.39 is 7.60 Å². The van der Waals surface area contributed by atoms with Crippen LogP contribution in [-0.2, 0) is 13.6 Å². The molecule has 0 N–H and O–H groups in total. The summed E-state index contributed by atoms with van der Waals surface area (Å²) >= 11 is 1.64. The fourth-order valence-electron chi connectivity index (χ4n) is 2.04. The molecule has 0 bridgehead atoms. The zero-order valence-electron chi connectivity index (χ0n) is 11.8. The van der Waals surface area contributed by atoms with E-state index >= 15 is 0 Å². The third-order valence-electron chi connectivity index (χ3n) is 2.87. The molecule has 4 nitrogen and oxygen atoms in total. The number of thioether (sulfide) groups is 1. The molecule has 0 aromatic heterocycles. The van der Waals surface area contributed by atoms with Crippen molar-refractivity contribution < 1.29 is 13.6 Å². The Morgan fingerprint density at radius 1 is 1.25 bits per heavy atom. The van der Waals surface area contributed by atoms with Crippen molar-refractivity contribution in [1.29, 1.82) is 0 Å². The summed E-state index contributed by atoms with van der Waals surface area (Å²) in [4.78, 5) is 4.66. The predicted octanol–water partition coefficient (Wildman–Crippen LogP) is 4.14. The second kappa shape index (κ2) is 7.41. The van der Waals surface area contributed by atoms with Crippen LogP contribution in [0, 0.1) is 0 Å². The number of aliphatic imine (C=N–C) groups is 1. The molecule has 1 aliphatic rings. The van der Waals surface area contributed by atoms with E-state index in [2.05, 4.69) is 17.1 Å². The van der Waals surface area contributed by atoms with Crippen LogP contribution in [0.25, 0.3) is 0 Å². The van der Waals surface area contributed by atoms with Crippen molar-refractivity contribution in [1.82, 2.24) is 0 Å². The van der Waals surface area contributed by atoms with Crippen LogP contribution >= 0.6 is 19.4 Å². The van der Waals surface area contributed by atoms with Crippen molar-refractivity contribution in [3.8, 4) is 0 Å². The van der Waals surface area contributed by atoms with Crippen LogP contribution in [0.3, 0.4) is 0 Å². The Hall–Kier alpha value is -0.610. The van der Waals surface area contributed by atoms with Gasteiger partial charge in [-0.15, -0.1) is 11.8 Å². The van der Waals surface area contributed by atoms with E-state index in [1.807, 2.05) is 32.0 Å². The van der Waals surface area contributed by atoms with Crippen LogP contribution in [0.5, 0.6) is 0 Å². The molecule has 0 spiro atoms. The molecule has 0 saturated heterocycles. The van der Waals surface area contributed by atoms with E-state index in [-0.39, 0.29) is 12.2 Å². The van der Waals surface area contributed by atoms with E-state index in [9.17, 15) is 4.57 Å². The van der Waals surface area contributed by atoms with Crippen LogP contribution in [0.1, 0.15) is 25.5 Å². The molecule has 6 heteroatoms. The third-order valence-corrected chi connectivity index (χ3v) is 6.14. The molecule has 1 aliphatic heterocycles. The SMILES string of the molecule is CCOP(=O)(CC1=N[C@@H](c2ccccc2)CS1)OCC. The second-order valence-corrected chi connectivity index (χ2v) is 7.51. The average molecular weight is 313 g/mol. The fourth-order valence-corrected chi connectivity index (χ4v) is 5.16. The van der Waals surface area contributed by atoms with Crippen LogP contribution in [0.2, 0.25) is 0 Å². The lowest BCUT2D eigenvalue weighted by atomic mass is 10.1. The smallest absolute Gasteiger partial charge is 0.309 e. The number of benzene rings is 1. The van der Waals surface area contributed by atoms with Crippen molar-refractivity contribution >= 4 is 24.4 Å². The summed E-state index contributed by atoms with van der Waals surface area (Å²) in [5, 5.41) is 0.865. The third kappa shape index (κ3) is 4.19. The van der Waals surface area contributed by atoms with Crippen LogP contribution in [-0.4, -0.2) is 30.2 Å². The lowest BCUT2D eigenvalue weighted by Crippen LogP contribution is -2.05. The molecule has 0 saturated carbocycles. The Morgan fingerprint density at radius 3 is 2.50 bits per heavy atom. The van der Waals surface area contributed by atoms with E-state index in [4.69, 9.17) is 9.05 Å². The van der Waals surface area contributed by atoms with Crippen molar-refractivity contribution in [3.63, 3.8) is 0 Å². The van der Waals surface area contributed by atoms with E-state index in [0.29, 0.717) is 13.2 Å². The van der Waals surface area contributed by atoms with Gasteiger partial charge in [0.15, 0.2) is 0 Å². The maximum absolute atomic E-state index is 12.5. The molecule has 1 aromatic rings. The minimum absolute atomic E-state index is 0.146. The molecule has 0 fully saturated rings. The Bertz CT molecular complexity index is 496. The highest BCUT2D eigenvalue weighted by molar-refractivity contribution is 8.14. The van der Waals surface area contributed by atoms with Gasteiger partial charge >= 0.3 is 7.60 Å². The molecular weight excluding hydrogens is 293 g/mol. The molecule has 1 aromatic carbocycles. The quantitative estimate of drug-likeness (QED) is 0.710. The fraction of sp³-hybridized carbons (Fsp3) is 0.500. The molecule has 1 heterocycles. The molecule has 20 heavy (non-hydrogen) atoms. The number of hydrogen-bond acceptors (Lipinski definition) is 5. The summed E-state index contributed by atoms with van der Waals surface area (Å²) in [7, 11) is -3.04. The van der Waals surface area contributed by atoms with E-state index in [1.165, 1.54) is 5.56 Å². The normalized spacial score (nSPS) is 19.1. The Morgan fingerprint density at radius 2 is 1.90 bits per heavy atom. The van der Waals surface area contributed by atoms with Crippen molar-refractivity contribution in [2.45, 2.75) is 19.9 Å². The molecule has 2 rings (SSSR count). The monoisotopic (exact) mass is 313 g/mol. The van der Waals surface area contributed by atoms with Gasteiger partial charge in [0.05, 0.1) is 30.5 Å². The van der Waals surface area contributed by atoms with Crippen molar-refractivity contribution in [2.75, 3.05) is 25.1 Å². The number of hydrogen-bond donors (Lipinski definition) is 0. The van der Waals surface area contributed by atoms with Gasteiger partial charge in [0.2, 0.25) is 0 Å². The summed E-state index contributed by atoms with van der Waals surface area (Å²) in [5.41, 5.74) is 1.19. The highest BCUT2D eigenvalue weighted by Gasteiger charge is 2.30. The first-order valence-electron chi connectivity index (χ1n) is 6.79. The Labute approximate surface area is 124 Å². The zero-order valence-corrected chi connectivity index (χ0v) is 13.5. The van der Waals surface area contributed by atoms with Gasteiger partial charge < -0.3 is 9.05 Å². The summed E-state index contributed by atoms with van der Waals surface area (Å²) in [6.45, 7) is 4.42. The largest absolute Gasteiger partial charge is 0.337 e. The van der Waals surface area contributed by atoms with Crippen molar-refractivity contribution in [3.05, 3.63) is 35.9 Å². The molecule has 0 radical (unpaired) electrons. The van der Waals surface area contributed by atoms with Crippen LogP contribution < -0.4 is 0 Å². The highest BCUT2D eigenvalue weighted by atomic mass is 32.2. The molecule has 1 atom stereocenters. The maximum Gasteiger partial charge on any atom is 0.337 e. The molecule has 0 aliphatic carbocycles. The topological polar surface area (TPSA) is 47.9 Å². The average Bonchev–Trinajstić information content (AvgIpc) is 2.88. The predicted molar refractivity (Wildman–Crippen MR) is 84.8 cm³/mol. The first-order chi connectivity index (χ1) is 9.67. The van der Waals surface area contributed by atoms with Gasteiger partial charge in [-0.3, -0.25) is 9.56 Å². The Balaban J connectivity index is 2.05.